The predicted molar refractivity (Wildman–Crippen MR) is 124 cm³/mol. The van der Waals surface area contributed by atoms with Crippen LogP contribution in [0.4, 0.5) is 9.59 Å². The van der Waals surface area contributed by atoms with Crippen LogP contribution in [0.15, 0.2) is 30.3 Å². The monoisotopic (exact) mass is 477 g/mol. The van der Waals surface area contributed by atoms with Gasteiger partial charge in [0.25, 0.3) is 5.91 Å². The third-order valence-corrected chi connectivity index (χ3v) is 4.98. The van der Waals surface area contributed by atoms with E-state index < -0.39 is 41.8 Å². The molecule has 10 heteroatoms. The van der Waals surface area contributed by atoms with E-state index in [1.807, 2.05) is 13.8 Å². The summed E-state index contributed by atoms with van der Waals surface area (Å²) in [5, 5.41) is 14.5. The van der Waals surface area contributed by atoms with Crippen molar-refractivity contribution in [3.8, 4) is 0 Å². The average molecular weight is 478 g/mol. The van der Waals surface area contributed by atoms with E-state index in [1.54, 1.807) is 51.1 Å². The van der Waals surface area contributed by atoms with Crippen molar-refractivity contribution in [2.45, 2.75) is 71.6 Å². The van der Waals surface area contributed by atoms with Crippen molar-refractivity contribution in [3.05, 3.63) is 35.9 Å². The van der Waals surface area contributed by atoms with E-state index in [4.69, 9.17) is 9.47 Å². The molecule has 1 aromatic rings. The summed E-state index contributed by atoms with van der Waals surface area (Å²) in [5.74, 6) is -1.68. The van der Waals surface area contributed by atoms with Crippen LogP contribution in [-0.4, -0.2) is 70.0 Å². The van der Waals surface area contributed by atoms with Gasteiger partial charge in [0.15, 0.2) is 0 Å². The molecule has 1 saturated heterocycles. The lowest BCUT2D eigenvalue weighted by molar-refractivity contribution is -0.150. The van der Waals surface area contributed by atoms with Gasteiger partial charge in [-0.2, -0.15) is 0 Å². The minimum Gasteiger partial charge on any atom is -0.478 e. The molecule has 0 radical (unpaired) electrons. The molecule has 1 aliphatic heterocycles. The smallest absolute Gasteiger partial charge is 0.429 e. The number of rotatable bonds is 8. The molecule has 188 valence electrons. The third kappa shape index (κ3) is 8.24. The maximum Gasteiger partial charge on any atom is 0.429 e. The van der Waals surface area contributed by atoms with Gasteiger partial charge in [-0.3, -0.25) is 4.79 Å². The standard InChI is InChI=1S/C24H35N3O7/c1-16(2)14-18(25-22(31)34-24(3,4)5)20(28)26-12-9-13-27(26)23(32)33-19(21(29)30)15-17-10-7-6-8-11-17/h6-8,10-11,16,18-19H,9,12-15H2,1-5H3,(H,25,31)(H,29,30)/t18-,19?/m0/s1. The van der Waals surface area contributed by atoms with Crippen LogP contribution in [0.3, 0.4) is 0 Å². The number of hydrogen-bond acceptors (Lipinski definition) is 6. The molecule has 0 aliphatic carbocycles. The number of ether oxygens (including phenoxy) is 2. The van der Waals surface area contributed by atoms with E-state index in [2.05, 4.69) is 5.32 Å². The van der Waals surface area contributed by atoms with E-state index in [0.29, 0.717) is 18.4 Å². The second-order valence-corrected chi connectivity index (χ2v) is 9.67. The van der Waals surface area contributed by atoms with Crippen molar-refractivity contribution in [1.29, 1.82) is 0 Å². The Bertz CT molecular complexity index is 867. The Morgan fingerprint density at radius 3 is 2.24 bits per heavy atom. The molecule has 0 saturated carbocycles. The number of carboxylic acids is 1. The summed E-state index contributed by atoms with van der Waals surface area (Å²) in [6.07, 6.45) is -2.22. The van der Waals surface area contributed by atoms with Crippen LogP contribution in [0.25, 0.3) is 0 Å². The number of aliphatic carboxylic acids is 1. The molecule has 1 fully saturated rings. The molecular formula is C24H35N3O7. The molecule has 0 bridgehead atoms. The number of nitrogens with one attached hydrogen (secondary N) is 1. The summed E-state index contributed by atoms with van der Waals surface area (Å²) in [7, 11) is 0. The quantitative estimate of drug-likeness (QED) is 0.589. The van der Waals surface area contributed by atoms with E-state index in [-0.39, 0.29) is 25.4 Å². The molecule has 0 aromatic heterocycles. The van der Waals surface area contributed by atoms with Crippen molar-refractivity contribution in [1.82, 2.24) is 15.3 Å². The summed E-state index contributed by atoms with van der Waals surface area (Å²) in [5.41, 5.74) is -0.0283. The Hall–Kier alpha value is -3.30. The molecule has 34 heavy (non-hydrogen) atoms. The molecule has 2 N–H and O–H groups in total. The number of hydrogen-bond donors (Lipinski definition) is 2. The molecule has 10 nitrogen and oxygen atoms in total. The molecule has 1 unspecified atom stereocenters. The van der Waals surface area contributed by atoms with Gasteiger partial charge in [-0.25, -0.2) is 24.4 Å². The highest BCUT2D eigenvalue weighted by Gasteiger charge is 2.38. The van der Waals surface area contributed by atoms with Crippen molar-refractivity contribution in [3.63, 3.8) is 0 Å². The van der Waals surface area contributed by atoms with Gasteiger partial charge in [-0.1, -0.05) is 44.2 Å². The maximum atomic E-state index is 13.3. The first-order valence-corrected chi connectivity index (χ1v) is 11.4. The second kappa shape index (κ2) is 11.7. The molecule has 2 atom stereocenters. The van der Waals surface area contributed by atoms with Crippen LogP contribution in [0, 0.1) is 5.92 Å². The Kier molecular flexibility index (Phi) is 9.28. The lowest BCUT2D eigenvalue weighted by atomic mass is 10.0. The summed E-state index contributed by atoms with van der Waals surface area (Å²) in [6, 6.07) is 7.91. The topological polar surface area (TPSA) is 125 Å². The molecule has 2 rings (SSSR count). The number of nitrogens with zero attached hydrogens (tertiary/aromatic N) is 2. The first-order valence-electron chi connectivity index (χ1n) is 11.4. The zero-order chi connectivity index (χ0) is 25.5. The van der Waals surface area contributed by atoms with E-state index in [1.165, 1.54) is 5.01 Å². The number of carboxylic acid groups (broad SMARTS) is 1. The van der Waals surface area contributed by atoms with Crippen LogP contribution in [0.2, 0.25) is 0 Å². The number of hydrazine groups is 1. The predicted octanol–water partition coefficient (Wildman–Crippen LogP) is 3.21. The van der Waals surface area contributed by atoms with Gasteiger partial charge < -0.3 is 19.9 Å². The Labute approximate surface area is 200 Å². The summed E-state index contributed by atoms with van der Waals surface area (Å²) in [6.45, 7) is 9.43. The van der Waals surface area contributed by atoms with Crippen molar-refractivity contribution >= 4 is 24.1 Å². The van der Waals surface area contributed by atoms with Gasteiger partial charge in [0.2, 0.25) is 6.10 Å². The van der Waals surface area contributed by atoms with Gasteiger partial charge in [-0.15, -0.1) is 0 Å². The van der Waals surface area contributed by atoms with Crippen LogP contribution in [-0.2, 0) is 25.5 Å². The van der Waals surface area contributed by atoms with Crippen LogP contribution < -0.4 is 5.32 Å². The Balaban J connectivity index is 2.11. The minimum atomic E-state index is -1.40. The third-order valence-electron chi connectivity index (χ3n) is 4.98. The fourth-order valence-corrected chi connectivity index (χ4v) is 3.54. The van der Waals surface area contributed by atoms with Crippen molar-refractivity contribution in [2.24, 2.45) is 5.92 Å². The van der Waals surface area contributed by atoms with Gasteiger partial charge in [0.05, 0.1) is 0 Å². The average Bonchev–Trinajstić information content (AvgIpc) is 3.21. The fourth-order valence-electron chi connectivity index (χ4n) is 3.54. The summed E-state index contributed by atoms with van der Waals surface area (Å²) < 4.78 is 10.6. The first-order chi connectivity index (χ1) is 15.9. The lowest BCUT2D eigenvalue weighted by Gasteiger charge is -2.32. The maximum absolute atomic E-state index is 13.3. The Morgan fingerprint density at radius 1 is 1.06 bits per heavy atom. The first kappa shape index (κ1) is 26.9. The number of alkyl carbamates (subject to hydrolysis) is 1. The highest BCUT2D eigenvalue weighted by Crippen LogP contribution is 2.19. The molecule has 1 aliphatic rings. The van der Waals surface area contributed by atoms with Gasteiger partial charge in [0.1, 0.15) is 11.6 Å². The number of benzene rings is 1. The highest BCUT2D eigenvalue weighted by atomic mass is 16.6. The zero-order valence-corrected chi connectivity index (χ0v) is 20.4. The molecule has 1 aromatic carbocycles. The number of carbonyl (C=O) groups excluding carboxylic acids is 3. The van der Waals surface area contributed by atoms with E-state index in [9.17, 15) is 24.3 Å². The van der Waals surface area contributed by atoms with Crippen LogP contribution in [0.1, 0.15) is 53.0 Å². The fraction of sp³-hybridized carbons (Fsp3) is 0.583. The normalized spacial score (nSPS) is 15.6. The SMILES string of the molecule is CC(C)C[C@H](NC(=O)OC(C)(C)C)C(=O)N1CCCN1C(=O)OC(Cc1ccccc1)C(=O)O. The van der Waals surface area contributed by atoms with Gasteiger partial charge >= 0.3 is 18.2 Å². The minimum absolute atomic E-state index is 0.000125. The molecule has 0 spiro atoms. The summed E-state index contributed by atoms with van der Waals surface area (Å²) in [4.78, 5) is 50.2. The Morgan fingerprint density at radius 2 is 1.68 bits per heavy atom. The zero-order valence-electron chi connectivity index (χ0n) is 20.4. The largest absolute Gasteiger partial charge is 0.478 e. The second-order valence-electron chi connectivity index (χ2n) is 9.67. The van der Waals surface area contributed by atoms with Crippen LogP contribution >= 0.6 is 0 Å². The number of amides is 3. The number of carbonyl (C=O) groups is 4. The molecule has 3 amide bonds. The van der Waals surface area contributed by atoms with E-state index >= 15 is 0 Å². The molecular weight excluding hydrogens is 442 g/mol. The lowest BCUT2D eigenvalue weighted by Crippen LogP contribution is -2.55. The van der Waals surface area contributed by atoms with Gasteiger partial charge in [-0.05, 0) is 45.1 Å². The van der Waals surface area contributed by atoms with Crippen LogP contribution in [0.5, 0.6) is 0 Å². The van der Waals surface area contributed by atoms with Crippen molar-refractivity contribution in [2.75, 3.05) is 13.1 Å². The molecule has 1 heterocycles. The summed E-state index contributed by atoms with van der Waals surface area (Å²) >= 11 is 0. The highest BCUT2D eigenvalue weighted by molar-refractivity contribution is 5.87. The van der Waals surface area contributed by atoms with Gasteiger partial charge in [0, 0.05) is 19.5 Å². The van der Waals surface area contributed by atoms with Crippen molar-refractivity contribution < 1.29 is 33.8 Å². The van der Waals surface area contributed by atoms with E-state index in [0.717, 1.165) is 5.01 Å².